The molecular formula is C19H25N3O2. The molecule has 1 amide bonds. The first-order chi connectivity index (χ1) is 11.7. The number of piperidine rings is 1. The lowest BCUT2D eigenvalue weighted by molar-refractivity contribution is -0.122. The van der Waals surface area contributed by atoms with Gasteiger partial charge < -0.3 is 10.1 Å². The summed E-state index contributed by atoms with van der Waals surface area (Å²) in [6, 6.07) is 6.40. The van der Waals surface area contributed by atoms with Gasteiger partial charge in [-0.2, -0.15) is 5.10 Å². The van der Waals surface area contributed by atoms with Gasteiger partial charge in [0.1, 0.15) is 11.4 Å². The fourth-order valence-corrected chi connectivity index (χ4v) is 4.13. The Kier molecular flexibility index (Phi) is 4.04. The summed E-state index contributed by atoms with van der Waals surface area (Å²) in [4.78, 5) is 11.6. The van der Waals surface area contributed by atoms with Crippen LogP contribution in [-0.2, 0) is 11.2 Å². The second kappa shape index (κ2) is 6.20. The average molecular weight is 327 g/mol. The molecule has 0 radical (unpaired) electrons. The van der Waals surface area contributed by atoms with E-state index in [-0.39, 0.29) is 17.4 Å². The molecule has 0 aliphatic carbocycles. The molecule has 0 aromatic heterocycles. The molecule has 0 saturated carbocycles. The summed E-state index contributed by atoms with van der Waals surface area (Å²) in [5, 5.41) is 7.75. The number of hydrazone groups is 1. The van der Waals surface area contributed by atoms with Crippen molar-refractivity contribution >= 4 is 11.6 Å². The Morgan fingerprint density at radius 2 is 2.12 bits per heavy atom. The lowest BCUT2D eigenvalue weighted by Crippen LogP contribution is -2.48. The minimum absolute atomic E-state index is 0.0137. The molecule has 1 aromatic rings. The maximum absolute atomic E-state index is 11.6. The van der Waals surface area contributed by atoms with E-state index in [1.165, 1.54) is 5.56 Å². The average Bonchev–Trinajstić information content (AvgIpc) is 2.62. The van der Waals surface area contributed by atoms with Gasteiger partial charge in [0.2, 0.25) is 5.91 Å². The van der Waals surface area contributed by atoms with Crippen LogP contribution >= 0.6 is 0 Å². The zero-order valence-electron chi connectivity index (χ0n) is 14.2. The van der Waals surface area contributed by atoms with Crippen LogP contribution in [0, 0.1) is 5.92 Å². The largest absolute Gasteiger partial charge is 0.487 e. The number of fused-ring (bicyclic) bond motifs is 1. The molecule has 3 aliphatic heterocycles. The van der Waals surface area contributed by atoms with Crippen molar-refractivity contribution in [1.29, 1.82) is 0 Å². The molecule has 5 heteroatoms. The number of aryl methyl sites for hydroxylation is 1. The van der Waals surface area contributed by atoms with Gasteiger partial charge in [-0.15, -0.1) is 0 Å². The van der Waals surface area contributed by atoms with Gasteiger partial charge in [-0.3, -0.25) is 4.79 Å². The molecule has 2 N–H and O–H groups in total. The highest BCUT2D eigenvalue weighted by atomic mass is 16.5. The van der Waals surface area contributed by atoms with Gasteiger partial charge >= 0.3 is 0 Å². The summed E-state index contributed by atoms with van der Waals surface area (Å²) in [6.45, 7) is 4.20. The number of carbonyl (C=O) groups excluding carboxylic acids is 1. The van der Waals surface area contributed by atoms with Gasteiger partial charge in [0.05, 0.1) is 5.71 Å². The highest BCUT2D eigenvalue weighted by Gasteiger charge is 2.37. The summed E-state index contributed by atoms with van der Waals surface area (Å²) >= 11 is 0. The lowest BCUT2D eigenvalue weighted by Gasteiger charge is -2.41. The molecule has 1 fully saturated rings. The van der Waals surface area contributed by atoms with Crippen molar-refractivity contribution in [3.63, 3.8) is 0 Å². The zero-order chi connectivity index (χ0) is 16.6. The van der Waals surface area contributed by atoms with Crippen LogP contribution in [0.4, 0.5) is 0 Å². The number of hydrogen-bond donors (Lipinski definition) is 2. The van der Waals surface area contributed by atoms with Gasteiger partial charge in [0, 0.05) is 12.3 Å². The van der Waals surface area contributed by atoms with E-state index in [1.807, 2.05) is 0 Å². The highest BCUT2D eigenvalue weighted by molar-refractivity contribution is 6.06. The Hall–Kier alpha value is -1.88. The predicted molar refractivity (Wildman–Crippen MR) is 93.3 cm³/mol. The van der Waals surface area contributed by atoms with Crippen molar-refractivity contribution in [1.82, 2.24) is 10.7 Å². The van der Waals surface area contributed by atoms with E-state index in [0.717, 1.165) is 62.2 Å². The van der Waals surface area contributed by atoms with Gasteiger partial charge in [-0.1, -0.05) is 6.92 Å². The van der Waals surface area contributed by atoms with Crippen molar-refractivity contribution in [2.45, 2.75) is 51.0 Å². The first kappa shape index (κ1) is 15.6. The SMILES string of the molecule is CCC1CC(=O)NN=C1c1ccc2c(c1)CCC1(CCNCC1)O2. The molecule has 0 bridgehead atoms. The van der Waals surface area contributed by atoms with Gasteiger partial charge in [-0.25, -0.2) is 5.43 Å². The van der Waals surface area contributed by atoms with E-state index in [4.69, 9.17) is 4.74 Å². The topological polar surface area (TPSA) is 62.7 Å². The molecule has 3 aliphatic rings. The van der Waals surface area contributed by atoms with E-state index in [9.17, 15) is 4.79 Å². The first-order valence-electron chi connectivity index (χ1n) is 9.08. The lowest BCUT2D eigenvalue weighted by atomic mass is 9.82. The van der Waals surface area contributed by atoms with Crippen molar-refractivity contribution < 1.29 is 9.53 Å². The van der Waals surface area contributed by atoms with Crippen molar-refractivity contribution in [3.05, 3.63) is 29.3 Å². The van der Waals surface area contributed by atoms with Crippen LogP contribution in [-0.4, -0.2) is 30.3 Å². The summed E-state index contributed by atoms with van der Waals surface area (Å²) < 4.78 is 6.42. The van der Waals surface area contributed by atoms with Crippen LogP contribution in [0.15, 0.2) is 23.3 Å². The summed E-state index contributed by atoms with van der Waals surface area (Å²) in [5.41, 5.74) is 6.05. The first-order valence-corrected chi connectivity index (χ1v) is 9.08. The number of hydrogen-bond acceptors (Lipinski definition) is 4. The monoisotopic (exact) mass is 327 g/mol. The van der Waals surface area contributed by atoms with Crippen LogP contribution in [0.5, 0.6) is 5.75 Å². The Morgan fingerprint density at radius 1 is 1.29 bits per heavy atom. The predicted octanol–water partition coefficient (Wildman–Crippen LogP) is 2.38. The highest BCUT2D eigenvalue weighted by Crippen LogP contribution is 2.39. The third-order valence-corrected chi connectivity index (χ3v) is 5.66. The number of rotatable bonds is 2. The molecule has 3 heterocycles. The Balaban J connectivity index is 1.60. The van der Waals surface area contributed by atoms with E-state index in [0.29, 0.717) is 6.42 Å². The fraction of sp³-hybridized carbons (Fsp3) is 0.579. The number of ether oxygens (including phenoxy) is 1. The van der Waals surface area contributed by atoms with Gasteiger partial charge in [0.25, 0.3) is 0 Å². The molecule has 1 saturated heterocycles. The fourth-order valence-electron chi connectivity index (χ4n) is 4.13. The maximum atomic E-state index is 11.6. The van der Waals surface area contributed by atoms with Crippen molar-refractivity contribution in [2.24, 2.45) is 11.0 Å². The number of benzene rings is 1. The van der Waals surface area contributed by atoms with Crippen molar-refractivity contribution in [2.75, 3.05) is 13.1 Å². The van der Waals surface area contributed by atoms with Crippen LogP contribution < -0.4 is 15.5 Å². The molecule has 128 valence electrons. The summed E-state index contributed by atoms with van der Waals surface area (Å²) in [6.07, 6.45) is 5.77. The standard InChI is InChI=1S/C19H25N3O2/c1-2-13-12-17(23)21-22-18(13)15-3-4-16-14(11-15)5-6-19(24-16)7-9-20-10-8-19/h3-4,11,13,20H,2,5-10,12H2,1H3,(H,21,23). The Labute approximate surface area is 142 Å². The van der Waals surface area contributed by atoms with Crippen molar-refractivity contribution in [3.8, 4) is 5.75 Å². The quantitative estimate of drug-likeness (QED) is 0.877. The van der Waals surface area contributed by atoms with E-state index in [2.05, 4.69) is 41.0 Å². The molecule has 4 rings (SSSR count). The van der Waals surface area contributed by atoms with Crippen LogP contribution in [0.2, 0.25) is 0 Å². The second-order valence-corrected chi connectivity index (χ2v) is 7.20. The third kappa shape index (κ3) is 2.81. The van der Waals surface area contributed by atoms with Crippen LogP contribution in [0.3, 0.4) is 0 Å². The number of carbonyl (C=O) groups is 1. The van der Waals surface area contributed by atoms with Crippen LogP contribution in [0.1, 0.15) is 50.2 Å². The maximum Gasteiger partial charge on any atom is 0.240 e. The van der Waals surface area contributed by atoms with E-state index < -0.39 is 0 Å². The number of nitrogens with one attached hydrogen (secondary N) is 2. The van der Waals surface area contributed by atoms with Crippen LogP contribution in [0.25, 0.3) is 0 Å². The second-order valence-electron chi connectivity index (χ2n) is 7.20. The number of nitrogens with zero attached hydrogens (tertiary/aromatic N) is 1. The Morgan fingerprint density at radius 3 is 2.92 bits per heavy atom. The molecule has 1 unspecified atom stereocenters. The summed E-state index contributed by atoms with van der Waals surface area (Å²) in [5.74, 6) is 1.25. The molecule has 24 heavy (non-hydrogen) atoms. The smallest absolute Gasteiger partial charge is 0.240 e. The van der Waals surface area contributed by atoms with Gasteiger partial charge in [0.15, 0.2) is 0 Å². The van der Waals surface area contributed by atoms with E-state index >= 15 is 0 Å². The molecule has 1 atom stereocenters. The zero-order valence-corrected chi connectivity index (χ0v) is 14.2. The minimum Gasteiger partial charge on any atom is -0.487 e. The molecular weight excluding hydrogens is 302 g/mol. The number of amides is 1. The minimum atomic E-state index is 0.0137. The normalized spacial score (nSPS) is 25.5. The van der Waals surface area contributed by atoms with Gasteiger partial charge in [-0.05, 0) is 74.5 Å². The molecule has 5 nitrogen and oxygen atoms in total. The van der Waals surface area contributed by atoms with E-state index in [1.54, 1.807) is 0 Å². The molecule has 1 spiro atoms. The summed E-state index contributed by atoms with van der Waals surface area (Å²) in [7, 11) is 0. The molecule has 1 aromatic carbocycles. The Bertz CT molecular complexity index is 677. The third-order valence-electron chi connectivity index (χ3n) is 5.66.